The average Bonchev–Trinajstić information content (AvgIpc) is 2.35. The molecule has 1 aromatic carbocycles. The quantitative estimate of drug-likeness (QED) is 0.502. The SMILES string of the molecule is C=C[C@H](C)[C@@H](I)C(=O)NCc1ccccc1. The number of halogens is 1. The Hall–Kier alpha value is -0.840. The van der Waals surface area contributed by atoms with E-state index in [0.717, 1.165) is 5.56 Å². The van der Waals surface area contributed by atoms with Gasteiger partial charge in [-0.2, -0.15) is 0 Å². The third-order valence-corrected chi connectivity index (χ3v) is 4.09. The highest BCUT2D eigenvalue weighted by Crippen LogP contribution is 2.14. The smallest absolute Gasteiger partial charge is 0.233 e. The van der Waals surface area contributed by atoms with Crippen LogP contribution in [0, 0.1) is 5.92 Å². The molecule has 1 aromatic rings. The van der Waals surface area contributed by atoms with Crippen LogP contribution in [0.15, 0.2) is 43.0 Å². The molecule has 0 saturated carbocycles. The molecule has 16 heavy (non-hydrogen) atoms. The second-order valence-electron chi connectivity index (χ2n) is 3.70. The zero-order chi connectivity index (χ0) is 12.0. The normalized spacial score (nSPS) is 13.9. The molecule has 0 fully saturated rings. The van der Waals surface area contributed by atoms with Crippen LogP contribution in [-0.4, -0.2) is 9.83 Å². The lowest BCUT2D eigenvalue weighted by Gasteiger charge is -2.14. The van der Waals surface area contributed by atoms with E-state index >= 15 is 0 Å². The Morgan fingerprint density at radius 1 is 1.50 bits per heavy atom. The summed E-state index contributed by atoms with van der Waals surface area (Å²) >= 11 is 2.15. The van der Waals surface area contributed by atoms with Gasteiger partial charge in [-0.05, 0) is 11.5 Å². The third-order valence-electron chi connectivity index (χ3n) is 2.39. The summed E-state index contributed by atoms with van der Waals surface area (Å²) < 4.78 is -0.0567. The summed E-state index contributed by atoms with van der Waals surface area (Å²) in [6.45, 7) is 6.28. The van der Waals surface area contributed by atoms with E-state index in [0.29, 0.717) is 6.54 Å². The zero-order valence-corrected chi connectivity index (χ0v) is 11.5. The number of benzene rings is 1. The van der Waals surface area contributed by atoms with Crippen molar-refractivity contribution in [3.05, 3.63) is 48.6 Å². The van der Waals surface area contributed by atoms with Crippen LogP contribution in [0.5, 0.6) is 0 Å². The number of hydrogen-bond donors (Lipinski definition) is 1. The largest absolute Gasteiger partial charge is 0.351 e. The fourth-order valence-corrected chi connectivity index (χ4v) is 1.75. The minimum absolute atomic E-state index is 0.0567. The van der Waals surface area contributed by atoms with E-state index in [4.69, 9.17) is 0 Å². The van der Waals surface area contributed by atoms with Gasteiger partial charge in [-0.15, -0.1) is 6.58 Å². The number of amides is 1. The van der Waals surface area contributed by atoms with E-state index in [1.807, 2.05) is 37.3 Å². The molecule has 0 heterocycles. The van der Waals surface area contributed by atoms with Crippen LogP contribution >= 0.6 is 22.6 Å². The molecule has 86 valence electrons. The van der Waals surface area contributed by atoms with E-state index < -0.39 is 0 Å². The number of hydrogen-bond acceptors (Lipinski definition) is 1. The molecule has 1 N–H and O–H groups in total. The maximum absolute atomic E-state index is 11.8. The van der Waals surface area contributed by atoms with Gasteiger partial charge in [0.15, 0.2) is 0 Å². The molecule has 0 aliphatic rings. The molecule has 0 aliphatic carbocycles. The lowest BCUT2D eigenvalue weighted by Crippen LogP contribution is -2.33. The number of nitrogens with one attached hydrogen (secondary N) is 1. The van der Waals surface area contributed by atoms with Crippen molar-refractivity contribution < 1.29 is 4.79 Å². The maximum Gasteiger partial charge on any atom is 0.233 e. The van der Waals surface area contributed by atoms with Gasteiger partial charge in [0.1, 0.15) is 0 Å². The summed E-state index contributed by atoms with van der Waals surface area (Å²) in [6.07, 6.45) is 1.80. The van der Waals surface area contributed by atoms with Crippen LogP contribution in [0.4, 0.5) is 0 Å². The molecule has 2 nitrogen and oxygen atoms in total. The summed E-state index contributed by atoms with van der Waals surface area (Å²) in [5.41, 5.74) is 1.12. The van der Waals surface area contributed by atoms with E-state index in [9.17, 15) is 4.79 Å². The summed E-state index contributed by atoms with van der Waals surface area (Å²) in [7, 11) is 0. The summed E-state index contributed by atoms with van der Waals surface area (Å²) in [6, 6.07) is 9.90. The van der Waals surface area contributed by atoms with Crippen LogP contribution in [0.3, 0.4) is 0 Å². The molecule has 2 atom stereocenters. The predicted molar refractivity (Wildman–Crippen MR) is 75.5 cm³/mol. The van der Waals surface area contributed by atoms with Crippen LogP contribution in [0.2, 0.25) is 0 Å². The van der Waals surface area contributed by atoms with Gasteiger partial charge < -0.3 is 5.32 Å². The molecular weight excluding hydrogens is 313 g/mol. The van der Waals surface area contributed by atoms with E-state index in [2.05, 4.69) is 34.5 Å². The Morgan fingerprint density at radius 2 is 2.12 bits per heavy atom. The summed E-state index contributed by atoms with van der Waals surface area (Å²) in [4.78, 5) is 11.8. The average molecular weight is 329 g/mol. The molecule has 0 saturated heterocycles. The molecule has 0 unspecified atom stereocenters. The topological polar surface area (TPSA) is 29.1 Å². The minimum atomic E-state index is -0.0567. The molecule has 1 amide bonds. The van der Waals surface area contributed by atoms with Gasteiger partial charge in [0.2, 0.25) is 5.91 Å². The van der Waals surface area contributed by atoms with Gasteiger partial charge in [0, 0.05) is 6.54 Å². The zero-order valence-electron chi connectivity index (χ0n) is 9.32. The Balaban J connectivity index is 2.44. The Morgan fingerprint density at radius 3 is 2.69 bits per heavy atom. The molecular formula is C13H16INO. The third kappa shape index (κ3) is 3.96. The number of carbonyl (C=O) groups excluding carboxylic acids is 1. The van der Waals surface area contributed by atoms with Gasteiger partial charge in [0.25, 0.3) is 0 Å². The standard InChI is InChI=1S/C13H16INO/c1-3-10(2)12(14)13(16)15-9-11-7-5-4-6-8-11/h3-8,10,12H,1,9H2,2H3,(H,15,16)/t10-,12+/m0/s1. The lowest BCUT2D eigenvalue weighted by atomic mass is 10.1. The molecule has 0 spiro atoms. The molecule has 0 aromatic heterocycles. The van der Waals surface area contributed by atoms with Crippen molar-refractivity contribution in [1.82, 2.24) is 5.32 Å². The van der Waals surface area contributed by atoms with Gasteiger partial charge in [0.05, 0.1) is 3.92 Å². The van der Waals surface area contributed by atoms with Gasteiger partial charge in [-0.1, -0.05) is 65.9 Å². The highest BCUT2D eigenvalue weighted by Gasteiger charge is 2.18. The van der Waals surface area contributed by atoms with E-state index in [1.54, 1.807) is 6.08 Å². The van der Waals surface area contributed by atoms with Gasteiger partial charge >= 0.3 is 0 Å². The number of carbonyl (C=O) groups is 1. The van der Waals surface area contributed by atoms with Crippen LogP contribution < -0.4 is 5.32 Å². The minimum Gasteiger partial charge on any atom is -0.351 e. The monoisotopic (exact) mass is 329 g/mol. The Labute approximate surface area is 110 Å². The molecule has 3 heteroatoms. The highest BCUT2D eigenvalue weighted by atomic mass is 127. The molecule has 1 rings (SSSR count). The molecule has 0 radical (unpaired) electrons. The van der Waals surface area contributed by atoms with E-state index in [1.165, 1.54) is 0 Å². The van der Waals surface area contributed by atoms with Crippen LogP contribution in [0.25, 0.3) is 0 Å². The Kier molecular flexibility index (Phi) is 5.52. The fourth-order valence-electron chi connectivity index (χ4n) is 1.24. The number of alkyl halides is 1. The molecule has 0 bridgehead atoms. The Bertz CT molecular complexity index is 350. The lowest BCUT2D eigenvalue weighted by molar-refractivity contribution is -0.120. The first-order valence-electron chi connectivity index (χ1n) is 5.23. The van der Waals surface area contributed by atoms with Crippen molar-refractivity contribution in [2.75, 3.05) is 0 Å². The molecule has 0 aliphatic heterocycles. The van der Waals surface area contributed by atoms with Crippen molar-refractivity contribution >= 4 is 28.5 Å². The van der Waals surface area contributed by atoms with E-state index in [-0.39, 0.29) is 15.7 Å². The van der Waals surface area contributed by atoms with Crippen LogP contribution in [-0.2, 0) is 11.3 Å². The number of rotatable bonds is 5. The van der Waals surface area contributed by atoms with Gasteiger partial charge in [-0.3, -0.25) is 4.79 Å². The van der Waals surface area contributed by atoms with Gasteiger partial charge in [-0.25, -0.2) is 0 Å². The summed E-state index contributed by atoms with van der Waals surface area (Å²) in [5, 5.41) is 2.92. The second-order valence-corrected chi connectivity index (χ2v) is 5.04. The van der Waals surface area contributed by atoms with Crippen molar-refractivity contribution in [2.45, 2.75) is 17.4 Å². The summed E-state index contributed by atoms with van der Waals surface area (Å²) in [5.74, 6) is 0.258. The predicted octanol–water partition coefficient (Wildman–Crippen LogP) is 2.93. The van der Waals surface area contributed by atoms with Crippen molar-refractivity contribution in [1.29, 1.82) is 0 Å². The van der Waals surface area contributed by atoms with Crippen molar-refractivity contribution in [3.63, 3.8) is 0 Å². The first-order chi connectivity index (χ1) is 7.65. The second kappa shape index (κ2) is 6.68. The van der Waals surface area contributed by atoms with Crippen molar-refractivity contribution in [2.24, 2.45) is 5.92 Å². The maximum atomic E-state index is 11.8. The highest BCUT2D eigenvalue weighted by molar-refractivity contribution is 14.1. The van der Waals surface area contributed by atoms with Crippen molar-refractivity contribution in [3.8, 4) is 0 Å². The van der Waals surface area contributed by atoms with Crippen LogP contribution in [0.1, 0.15) is 12.5 Å². The first-order valence-corrected chi connectivity index (χ1v) is 6.48. The fraction of sp³-hybridized carbons (Fsp3) is 0.308. The number of allylic oxidation sites excluding steroid dienone is 1. The first kappa shape index (κ1) is 13.2.